The summed E-state index contributed by atoms with van der Waals surface area (Å²) in [6.45, 7) is 0. The van der Waals surface area contributed by atoms with E-state index in [1.807, 2.05) is 0 Å². The van der Waals surface area contributed by atoms with Gasteiger partial charge in [0.2, 0.25) is 0 Å². The van der Waals surface area contributed by atoms with Gasteiger partial charge in [-0.1, -0.05) is 22.3 Å². The Morgan fingerprint density at radius 1 is 0.900 bits per heavy atom. The second-order valence-electron chi connectivity index (χ2n) is 0.964. The maximum absolute atomic E-state index is 9.43. The average Bonchev–Trinajstić information content (AvgIpc) is 1.27. The van der Waals surface area contributed by atoms with Crippen LogP contribution in [0.3, 0.4) is 0 Å². The maximum Gasteiger partial charge on any atom is 0.314 e. The van der Waals surface area contributed by atoms with Gasteiger partial charge in [0.05, 0.1) is 0 Å². The monoisotopic (exact) mass is 152 g/mol. The lowest BCUT2D eigenvalue weighted by atomic mass is 10.5. The first-order chi connectivity index (χ1) is 3.13. The van der Waals surface area contributed by atoms with Crippen molar-refractivity contribution in [3.05, 3.63) is 0 Å². The number of hydrogen-bond donors (Lipinski definition) is 2. The molecule has 2 N–H and O–H groups in total. The lowest BCUT2D eigenvalue weighted by molar-refractivity contribution is -0.147. The van der Waals surface area contributed by atoms with Crippen LogP contribution in [0.4, 0.5) is 0 Å². The Hall–Kier alpha value is -1.06. The summed E-state index contributed by atoms with van der Waals surface area (Å²) in [4.78, 5) is 18.9. The van der Waals surface area contributed by atoms with Gasteiger partial charge in [0.1, 0.15) is 6.42 Å². The lowest BCUT2D eigenvalue weighted by Gasteiger charge is -1.80. The van der Waals surface area contributed by atoms with Crippen molar-refractivity contribution in [1.82, 2.24) is 0 Å². The second-order valence-corrected chi connectivity index (χ2v) is 0.964. The van der Waals surface area contributed by atoms with Crippen LogP contribution in [-0.2, 0) is 9.59 Å². The zero-order valence-corrected chi connectivity index (χ0v) is 3.42. The third kappa shape index (κ3) is 28.3. The predicted octanol–water partition coefficient (Wildman–Crippen LogP) is 1.45. The Morgan fingerprint density at radius 3 is 1.10 bits per heavy atom. The van der Waals surface area contributed by atoms with E-state index >= 15 is 0 Å². The molecule has 0 radical (unpaired) electrons. The Morgan fingerprint density at radius 2 is 1.10 bits per heavy atom. The van der Waals surface area contributed by atoms with Crippen LogP contribution >= 0.6 is 0 Å². The Balaban J connectivity index is -0.0000000600. The van der Waals surface area contributed by atoms with Gasteiger partial charge in [-0.15, -0.1) is 0 Å². The molecule has 0 aliphatic rings. The lowest BCUT2D eigenvalue weighted by Crippen LogP contribution is -2.03. The van der Waals surface area contributed by atoms with Crippen LogP contribution in [0.15, 0.2) is 0 Å². The van der Waals surface area contributed by atoms with Crippen LogP contribution in [0.5, 0.6) is 0 Å². The van der Waals surface area contributed by atoms with E-state index in [1.165, 1.54) is 0 Å². The molecular weight excluding hydrogens is 136 g/mol. The summed E-state index contributed by atoms with van der Waals surface area (Å²) >= 11 is 0. The van der Waals surface area contributed by atoms with Gasteiger partial charge in [-0.2, -0.15) is 0 Å². The molecule has 0 aromatic carbocycles. The molecule has 0 aromatic rings. The average molecular weight is 152 g/mol. The van der Waals surface area contributed by atoms with Crippen molar-refractivity contribution in [1.29, 1.82) is 0 Å². The summed E-state index contributed by atoms with van der Waals surface area (Å²) in [6.07, 6.45) is -0.806. The molecule has 0 saturated heterocycles. The molecule has 0 rings (SSSR count). The third-order valence-corrected chi connectivity index (χ3v) is 0.302. The van der Waals surface area contributed by atoms with Crippen molar-refractivity contribution >= 4 is 11.9 Å². The third-order valence-electron chi connectivity index (χ3n) is 0.302. The fraction of sp³-hybridized carbons (Fsp3) is 0.667. The first-order valence-corrected chi connectivity index (χ1v) is 1.56. The molecule has 0 atom stereocenters. The molecule has 0 amide bonds. The van der Waals surface area contributed by atoms with Gasteiger partial charge in [0, 0.05) is 0 Å². The molecule has 0 bridgehead atoms. The van der Waals surface area contributed by atoms with Gasteiger partial charge < -0.3 is 10.2 Å². The summed E-state index contributed by atoms with van der Waals surface area (Å²) in [5.41, 5.74) is 0. The van der Waals surface area contributed by atoms with E-state index in [2.05, 4.69) is 0 Å². The first kappa shape index (κ1) is 23.1. The van der Waals surface area contributed by atoms with E-state index in [1.54, 1.807) is 0 Å². The Bertz CT molecular complexity index is 85.9. The number of carbonyl (C=O) groups is 2. The minimum atomic E-state index is -1.31. The number of carboxylic acids is 2. The second kappa shape index (κ2) is 10.8. The van der Waals surface area contributed by atoms with E-state index in [-0.39, 0.29) is 22.3 Å². The predicted molar refractivity (Wildman–Crippen MR) is 40.1 cm³/mol. The number of carboxylic acid groups (broad SMARTS) is 2. The molecular formula is C6H16O4. The van der Waals surface area contributed by atoms with Crippen molar-refractivity contribution in [3.8, 4) is 0 Å². The molecule has 0 unspecified atom stereocenters. The van der Waals surface area contributed by atoms with Crippen LogP contribution in [0.2, 0.25) is 0 Å². The van der Waals surface area contributed by atoms with Crippen molar-refractivity contribution in [2.24, 2.45) is 0 Å². The summed E-state index contributed by atoms with van der Waals surface area (Å²) in [5, 5.41) is 15.4. The molecule has 0 heterocycles. The molecule has 64 valence electrons. The molecule has 0 fully saturated rings. The SMILES string of the molecule is C.C.C.O=C(O)CC(=O)O. The van der Waals surface area contributed by atoms with E-state index < -0.39 is 18.4 Å². The highest BCUT2D eigenvalue weighted by Crippen LogP contribution is 1.74. The summed E-state index contributed by atoms with van der Waals surface area (Å²) < 4.78 is 0. The van der Waals surface area contributed by atoms with Gasteiger partial charge in [0.15, 0.2) is 0 Å². The molecule has 4 nitrogen and oxygen atoms in total. The molecule has 0 aliphatic carbocycles. The molecule has 0 saturated carbocycles. The van der Waals surface area contributed by atoms with Gasteiger partial charge in [-0.3, -0.25) is 9.59 Å². The topological polar surface area (TPSA) is 74.6 Å². The van der Waals surface area contributed by atoms with Crippen LogP contribution in [0.25, 0.3) is 0 Å². The van der Waals surface area contributed by atoms with E-state index in [0.29, 0.717) is 0 Å². The van der Waals surface area contributed by atoms with Crippen molar-refractivity contribution < 1.29 is 19.8 Å². The molecule has 0 aliphatic heterocycles. The van der Waals surface area contributed by atoms with Crippen LogP contribution in [-0.4, -0.2) is 22.2 Å². The number of rotatable bonds is 2. The standard InChI is InChI=1S/C3H4O4.3CH4/c4-2(5)1-3(6)7;;;/h1H2,(H,4,5)(H,6,7);3*1H4. The quantitative estimate of drug-likeness (QED) is 0.587. The normalized spacial score (nSPS) is 5.60. The Kier molecular flexibility index (Phi) is 25.0. The van der Waals surface area contributed by atoms with Crippen LogP contribution in [0, 0.1) is 0 Å². The van der Waals surface area contributed by atoms with Crippen molar-refractivity contribution in [2.45, 2.75) is 28.7 Å². The molecule has 0 aromatic heterocycles. The minimum absolute atomic E-state index is 0. The highest BCUT2D eigenvalue weighted by atomic mass is 16.4. The van der Waals surface area contributed by atoms with Gasteiger partial charge in [-0.25, -0.2) is 0 Å². The van der Waals surface area contributed by atoms with E-state index in [9.17, 15) is 9.59 Å². The van der Waals surface area contributed by atoms with Crippen molar-refractivity contribution in [3.63, 3.8) is 0 Å². The Labute approximate surface area is 61.5 Å². The first-order valence-electron chi connectivity index (χ1n) is 1.56. The fourth-order valence-corrected chi connectivity index (χ4v) is 0.129. The van der Waals surface area contributed by atoms with Crippen molar-refractivity contribution in [2.75, 3.05) is 0 Å². The highest BCUT2D eigenvalue weighted by Gasteiger charge is 2.01. The molecule has 10 heavy (non-hydrogen) atoms. The zero-order valence-electron chi connectivity index (χ0n) is 3.42. The van der Waals surface area contributed by atoms with Gasteiger partial charge in [0.25, 0.3) is 0 Å². The number of hydrogen-bond acceptors (Lipinski definition) is 2. The molecule has 4 heteroatoms. The minimum Gasteiger partial charge on any atom is -0.481 e. The summed E-state index contributed by atoms with van der Waals surface area (Å²) in [5.74, 6) is -2.62. The fourth-order valence-electron chi connectivity index (χ4n) is 0.129. The highest BCUT2D eigenvalue weighted by molar-refractivity contribution is 5.88. The zero-order chi connectivity index (χ0) is 5.86. The maximum atomic E-state index is 9.43. The van der Waals surface area contributed by atoms with Gasteiger partial charge in [-0.05, 0) is 0 Å². The summed E-state index contributed by atoms with van der Waals surface area (Å²) in [7, 11) is 0. The van der Waals surface area contributed by atoms with E-state index in [4.69, 9.17) is 10.2 Å². The number of aliphatic carboxylic acids is 2. The van der Waals surface area contributed by atoms with E-state index in [0.717, 1.165) is 0 Å². The van der Waals surface area contributed by atoms with Crippen LogP contribution in [0.1, 0.15) is 28.7 Å². The van der Waals surface area contributed by atoms with Gasteiger partial charge >= 0.3 is 11.9 Å². The largest absolute Gasteiger partial charge is 0.481 e. The smallest absolute Gasteiger partial charge is 0.314 e. The summed E-state index contributed by atoms with van der Waals surface area (Å²) in [6, 6.07) is 0. The molecule has 0 spiro atoms. The van der Waals surface area contributed by atoms with Crippen LogP contribution < -0.4 is 0 Å².